The Kier molecular flexibility index (Phi) is 8.06. The van der Waals surface area contributed by atoms with E-state index in [9.17, 15) is 0 Å². The quantitative estimate of drug-likeness (QED) is 0.275. The van der Waals surface area contributed by atoms with Gasteiger partial charge in [0.2, 0.25) is 5.52 Å². The van der Waals surface area contributed by atoms with Crippen LogP contribution >= 0.6 is 46.3 Å². The highest BCUT2D eigenvalue weighted by Crippen LogP contribution is 2.47. The predicted octanol–water partition coefficient (Wildman–Crippen LogP) is 8.93. The van der Waals surface area contributed by atoms with Gasteiger partial charge in [0, 0.05) is 53.4 Å². The fraction of sp³-hybridized carbons (Fsp3) is 0.300. The van der Waals surface area contributed by atoms with Gasteiger partial charge in [-0.15, -0.1) is 0 Å². The molecule has 2 heterocycles. The van der Waals surface area contributed by atoms with Crippen molar-refractivity contribution >= 4 is 68.3 Å². The molecule has 0 atom stereocenters. The molecule has 0 bridgehead atoms. The molecule has 1 aliphatic carbocycles. The Labute approximate surface area is 238 Å². The Morgan fingerprint density at radius 2 is 1.78 bits per heavy atom. The lowest BCUT2D eigenvalue weighted by molar-refractivity contribution is -0.665. The number of hydrogen-bond donors (Lipinski definition) is 0. The summed E-state index contributed by atoms with van der Waals surface area (Å²) in [5.41, 5.74) is 6.52. The Bertz CT molecular complexity index is 1460. The molecule has 1 aliphatic heterocycles. The Hall–Kier alpha value is -2.18. The number of thioether (sulfide) groups is 1. The number of likely N-dealkylation sites (N-methyl/N-ethyl adjacent to an activating group) is 1. The van der Waals surface area contributed by atoms with Crippen LogP contribution < -0.4 is 9.47 Å². The van der Waals surface area contributed by atoms with Gasteiger partial charge < -0.3 is 9.80 Å². The number of nitrogens with zero attached hydrogens (tertiary/aromatic N) is 3. The SMILES string of the molecule is CCN1/C(=C/C=C2\CCCC(/C=C/c3sc4ccc(Cl)cc4[n+]3CC)=C2N(C)C)Sc2ccc(Cl)cc21. The van der Waals surface area contributed by atoms with Crippen LogP contribution in [0.1, 0.15) is 38.1 Å². The number of hydrogen-bond acceptors (Lipinski definition) is 4. The smallest absolute Gasteiger partial charge is 0.262 e. The summed E-state index contributed by atoms with van der Waals surface area (Å²) < 4.78 is 3.61. The Morgan fingerprint density at radius 1 is 1.00 bits per heavy atom. The fourth-order valence-electron chi connectivity index (χ4n) is 5.20. The molecule has 3 nitrogen and oxygen atoms in total. The van der Waals surface area contributed by atoms with Gasteiger partial charge in [-0.25, -0.2) is 0 Å². The lowest BCUT2D eigenvalue weighted by atomic mass is 9.90. The maximum Gasteiger partial charge on any atom is 0.262 e. The Morgan fingerprint density at radius 3 is 2.54 bits per heavy atom. The summed E-state index contributed by atoms with van der Waals surface area (Å²) in [7, 11) is 4.31. The van der Waals surface area contributed by atoms with Crippen LogP contribution in [0.25, 0.3) is 16.3 Å². The minimum Gasteiger partial charge on any atom is -0.377 e. The summed E-state index contributed by atoms with van der Waals surface area (Å²) in [4.78, 5) is 5.89. The van der Waals surface area contributed by atoms with E-state index in [1.165, 1.54) is 47.7 Å². The molecule has 2 aromatic carbocycles. The van der Waals surface area contributed by atoms with Gasteiger partial charge in [0.25, 0.3) is 5.01 Å². The number of benzene rings is 2. The maximum absolute atomic E-state index is 6.29. The number of allylic oxidation sites excluding steroid dienone is 5. The molecule has 0 amide bonds. The first-order valence-corrected chi connectivity index (χ1v) is 15.1. The maximum atomic E-state index is 6.29. The summed E-state index contributed by atoms with van der Waals surface area (Å²) in [6.45, 7) is 6.21. The molecule has 0 saturated heterocycles. The van der Waals surface area contributed by atoms with Gasteiger partial charge in [-0.05, 0) is 86.7 Å². The monoisotopic (exact) mass is 568 g/mol. The lowest BCUT2D eigenvalue weighted by Crippen LogP contribution is -2.33. The molecule has 0 N–H and O–H groups in total. The van der Waals surface area contributed by atoms with Crippen LogP contribution in [0.5, 0.6) is 0 Å². The highest BCUT2D eigenvalue weighted by Gasteiger charge is 2.24. The summed E-state index contributed by atoms with van der Waals surface area (Å²) in [6.07, 6.45) is 12.6. The standard InChI is InChI=1S/C30H32Cl2N3S2/c1-5-34-24-18-22(31)12-14-26(24)36-28(34)16-10-20-8-7-9-21(30(20)33(3)4)11-17-29-35(6-2)25-19-23(32)13-15-27(25)37-29/h10-19H,5-9H2,1-4H3/q+1. The van der Waals surface area contributed by atoms with Crippen molar-refractivity contribution in [3.63, 3.8) is 0 Å². The average molecular weight is 570 g/mol. The predicted molar refractivity (Wildman–Crippen MR) is 163 cm³/mol. The molecular weight excluding hydrogens is 537 g/mol. The van der Waals surface area contributed by atoms with Crippen LogP contribution in [0, 0.1) is 0 Å². The minimum atomic E-state index is 0.782. The summed E-state index contributed by atoms with van der Waals surface area (Å²) in [5.74, 6) is 0. The van der Waals surface area contributed by atoms with Crippen LogP contribution in [0.4, 0.5) is 5.69 Å². The van der Waals surface area contributed by atoms with Crippen LogP contribution in [0.2, 0.25) is 10.0 Å². The van der Waals surface area contributed by atoms with Gasteiger partial charge in [0.1, 0.15) is 11.2 Å². The number of aromatic nitrogens is 1. The first-order chi connectivity index (χ1) is 17.9. The van der Waals surface area contributed by atoms with E-state index < -0.39 is 0 Å². The van der Waals surface area contributed by atoms with Gasteiger partial charge >= 0.3 is 0 Å². The van der Waals surface area contributed by atoms with Gasteiger partial charge in [-0.3, -0.25) is 0 Å². The van der Waals surface area contributed by atoms with Crippen molar-refractivity contribution in [2.75, 3.05) is 25.5 Å². The minimum absolute atomic E-state index is 0.782. The van der Waals surface area contributed by atoms with Crippen molar-refractivity contribution in [2.24, 2.45) is 0 Å². The van der Waals surface area contributed by atoms with E-state index in [1.807, 2.05) is 35.2 Å². The fourth-order valence-corrected chi connectivity index (χ4v) is 7.75. The van der Waals surface area contributed by atoms with Crippen molar-refractivity contribution < 1.29 is 4.57 Å². The van der Waals surface area contributed by atoms with E-state index in [0.717, 1.165) is 42.4 Å². The molecule has 1 aromatic heterocycles. The molecule has 0 radical (unpaired) electrons. The zero-order valence-corrected chi connectivity index (χ0v) is 24.9. The van der Waals surface area contributed by atoms with Crippen molar-refractivity contribution in [1.82, 2.24) is 4.90 Å². The van der Waals surface area contributed by atoms with E-state index in [4.69, 9.17) is 23.2 Å². The highest BCUT2D eigenvalue weighted by atomic mass is 35.5. The first kappa shape index (κ1) is 26.4. The van der Waals surface area contributed by atoms with Crippen molar-refractivity contribution in [3.8, 4) is 0 Å². The van der Waals surface area contributed by atoms with Gasteiger partial charge in [0.05, 0.1) is 10.7 Å². The van der Waals surface area contributed by atoms with Gasteiger partial charge in [-0.2, -0.15) is 4.57 Å². The molecule has 2 aliphatic rings. The zero-order chi connectivity index (χ0) is 26.1. The number of rotatable bonds is 6. The second-order valence-electron chi connectivity index (χ2n) is 9.41. The molecule has 0 fully saturated rings. The third kappa shape index (κ3) is 5.37. The molecule has 0 unspecified atom stereocenters. The van der Waals surface area contributed by atoms with Gasteiger partial charge in [-0.1, -0.05) is 52.4 Å². The molecular formula is C30H32Cl2N3S2+. The van der Waals surface area contributed by atoms with Crippen molar-refractivity contribution in [3.05, 3.63) is 91.6 Å². The summed E-state index contributed by atoms with van der Waals surface area (Å²) in [6, 6.07) is 12.3. The van der Waals surface area contributed by atoms with Crippen LogP contribution in [-0.4, -0.2) is 25.5 Å². The molecule has 0 spiro atoms. The van der Waals surface area contributed by atoms with E-state index >= 15 is 0 Å². The van der Waals surface area contributed by atoms with Crippen LogP contribution in [0.15, 0.2) is 81.4 Å². The number of aryl methyl sites for hydroxylation is 1. The molecule has 5 rings (SSSR count). The van der Waals surface area contributed by atoms with E-state index in [-0.39, 0.29) is 0 Å². The number of anilines is 1. The Balaban J connectivity index is 1.49. The molecule has 192 valence electrons. The van der Waals surface area contributed by atoms with Gasteiger partial charge in [0.15, 0.2) is 0 Å². The normalized spacial score (nSPS) is 18.2. The molecule has 7 heteroatoms. The van der Waals surface area contributed by atoms with Crippen molar-refractivity contribution in [2.45, 2.75) is 44.6 Å². The number of fused-ring (bicyclic) bond motifs is 2. The largest absolute Gasteiger partial charge is 0.377 e. The molecule has 37 heavy (non-hydrogen) atoms. The molecule has 3 aromatic rings. The average Bonchev–Trinajstić information content (AvgIpc) is 3.41. The first-order valence-electron chi connectivity index (χ1n) is 12.8. The zero-order valence-electron chi connectivity index (χ0n) is 21.7. The highest BCUT2D eigenvalue weighted by molar-refractivity contribution is 8.03. The number of halogens is 2. The van der Waals surface area contributed by atoms with Crippen molar-refractivity contribution in [1.29, 1.82) is 0 Å². The van der Waals surface area contributed by atoms with E-state index in [0.29, 0.717) is 0 Å². The second-order valence-corrected chi connectivity index (χ2v) is 12.4. The van der Waals surface area contributed by atoms with E-state index in [1.54, 1.807) is 0 Å². The summed E-state index contributed by atoms with van der Waals surface area (Å²) >= 11 is 16.2. The topological polar surface area (TPSA) is 10.4 Å². The van der Waals surface area contributed by atoms with Crippen LogP contribution in [-0.2, 0) is 6.54 Å². The summed E-state index contributed by atoms with van der Waals surface area (Å²) in [5, 5.41) is 4.07. The lowest BCUT2D eigenvalue weighted by Gasteiger charge is -2.27. The van der Waals surface area contributed by atoms with Crippen LogP contribution in [0.3, 0.4) is 0 Å². The number of thiazole rings is 1. The van der Waals surface area contributed by atoms with E-state index in [2.05, 4.69) is 90.9 Å². The second kappa shape index (κ2) is 11.3. The third-order valence-corrected chi connectivity index (χ3v) is 9.55. The molecule has 0 saturated carbocycles. The third-order valence-electron chi connectivity index (χ3n) is 6.82.